The van der Waals surface area contributed by atoms with E-state index in [0.29, 0.717) is 5.92 Å². The number of nitrogens with zero attached hydrogens (tertiary/aromatic N) is 2. The Hall–Kier alpha value is -0.810. The Morgan fingerprint density at radius 3 is 3.20 bits per heavy atom. The fourth-order valence-corrected chi connectivity index (χ4v) is 3.61. The Bertz CT molecular complexity index is 429. The Kier molecular flexibility index (Phi) is 2.50. The van der Waals surface area contributed by atoms with Crippen molar-refractivity contribution < 1.29 is 0 Å². The maximum atomic E-state index is 4.57. The van der Waals surface area contributed by atoms with Crippen molar-refractivity contribution in [1.82, 2.24) is 15.2 Å². The molecule has 3 heterocycles. The number of hydrogen-bond acceptors (Lipinski definition) is 4. The average Bonchev–Trinajstić information content (AvgIpc) is 3.02. The number of aromatic nitrogens is 3. The minimum atomic E-state index is 0.580. The molecule has 1 N–H and O–H groups in total. The fourth-order valence-electron chi connectivity index (χ4n) is 1.72. The number of aromatic amines is 1. The van der Waals surface area contributed by atoms with E-state index in [2.05, 4.69) is 26.6 Å². The molecule has 1 fully saturated rings. The molecule has 0 amide bonds. The lowest BCUT2D eigenvalue weighted by Crippen LogP contribution is -1.98. The summed E-state index contributed by atoms with van der Waals surface area (Å²) in [7, 11) is 0. The van der Waals surface area contributed by atoms with Crippen molar-refractivity contribution in [2.75, 3.05) is 11.5 Å². The summed E-state index contributed by atoms with van der Waals surface area (Å²) in [6.45, 7) is 0. The number of hydrogen-bond donors (Lipinski definition) is 1. The molecule has 0 bridgehead atoms. The van der Waals surface area contributed by atoms with E-state index >= 15 is 0 Å². The van der Waals surface area contributed by atoms with Crippen LogP contribution in [0, 0.1) is 0 Å². The Morgan fingerprint density at radius 1 is 1.47 bits per heavy atom. The van der Waals surface area contributed by atoms with Gasteiger partial charge in [-0.1, -0.05) is 6.07 Å². The minimum Gasteiger partial charge on any atom is -0.262 e. The van der Waals surface area contributed by atoms with Crippen LogP contribution in [0.25, 0.3) is 10.7 Å². The molecule has 1 aliphatic heterocycles. The second-order valence-corrected chi connectivity index (χ2v) is 5.68. The van der Waals surface area contributed by atoms with Gasteiger partial charge in [-0.3, -0.25) is 5.10 Å². The molecule has 0 aliphatic carbocycles. The smallest absolute Gasteiger partial charge is 0.191 e. The summed E-state index contributed by atoms with van der Waals surface area (Å²) in [5.74, 6) is 4.91. The SMILES string of the molecule is c1csc(-c2n[nH]c(C3CCSC3)n2)c1. The molecule has 1 aliphatic rings. The molecule has 0 radical (unpaired) electrons. The van der Waals surface area contributed by atoms with Crippen molar-refractivity contribution >= 4 is 23.1 Å². The zero-order chi connectivity index (χ0) is 10.1. The molecule has 3 nitrogen and oxygen atoms in total. The molecular weight excluding hydrogens is 226 g/mol. The normalized spacial score (nSPS) is 20.9. The number of thioether (sulfide) groups is 1. The summed E-state index contributed by atoms with van der Waals surface area (Å²) in [6, 6.07) is 4.09. The van der Waals surface area contributed by atoms with E-state index < -0.39 is 0 Å². The van der Waals surface area contributed by atoms with E-state index in [9.17, 15) is 0 Å². The maximum Gasteiger partial charge on any atom is 0.191 e. The summed E-state index contributed by atoms with van der Waals surface area (Å²) in [6.07, 6.45) is 1.23. The molecule has 0 aromatic carbocycles. The second-order valence-electron chi connectivity index (χ2n) is 3.58. The summed E-state index contributed by atoms with van der Waals surface area (Å²) in [5.41, 5.74) is 0. The number of H-pyrrole nitrogens is 1. The summed E-state index contributed by atoms with van der Waals surface area (Å²) >= 11 is 3.68. The van der Waals surface area contributed by atoms with Gasteiger partial charge in [0.05, 0.1) is 4.88 Å². The molecule has 0 saturated carbocycles. The largest absolute Gasteiger partial charge is 0.262 e. The highest BCUT2D eigenvalue weighted by atomic mass is 32.2. The topological polar surface area (TPSA) is 41.6 Å². The average molecular weight is 237 g/mol. The Morgan fingerprint density at radius 2 is 2.47 bits per heavy atom. The lowest BCUT2D eigenvalue weighted by atomic mass is 10.1. The van der Waals surface area contributed by atoms with E-state index in [1.807, 2.05) is 17.8 Å². The second kappa shape index (κ2) is 3.98. The summed E-state index contributed by atoms with van der Waals surface area (Å²) < 4.78 is 0. The van der Waals surface area contributed by atoms with Crippen LogP contribution in [-0.4, -0.2) is 26.7 Å². The van der Waals surface area contributed by atoms with Gasteiger partial charge in [0.15, 0.2) is 5.82 Å². The molecule has 5 heteroatoms. The fraction of sp³-hybridized carbons (Fsp3) is 0.400. The first kappa shape index (κ1) is 9.42. The molecule has 15 heavy (non-hydrogen) atoms. The number of rotatable bonds is 2. The predicted octanol–water partition coefficient (Wildman–Crippen LogP) is 2.75. The van der Waals surface area contributed by atoms with Crippen molar-refractivity contribution in [3.8, 4) is 10.7 Å². The van der Waals surface area contributed by atoms with Crippen LogP contribution in [0.5, 0.6) is 0 Å². The Labute approximate surface area is 96.3 Å². The van der Waals surface area contributed by atoms with Crippen LogP contribution >= 0.6 is 23.1 Å². The van der Waals surface area contributed by atoms with Gasteiger partial charge in [0.25, 0.3) is 0 Å². The third-order valence-electron chi connectivity index (χ3n) is 2.56. The highest BCUT2D eigenvalue weighted by molar-refractivity contribution is 7.99. The van der Waals surface area contributed by atoms with Crippen molar-refractivity contribution in [3.05, 3.63) is 23.3 Å². The van der Waals surface area contributed by atoms with Crippen LogP contribution in [0.3, 0.4) is 0 Å². The van der Waals surface area contributed by atoms with Gasteiger partial charge in [-0.2, -0.15) is 16.9 Å². The third-order valence-corrected chi connectivity index (χ3v) is 4.59. The maximum absolute atomic E-state index is 4.57. The van der Waals surface area contributed by atoms with Gasteiger partial charge in [0.1, 0.15) is 5.82 Å². The minimum absolute atomic E-state index is 0.580. The van der Waals surface area contributed by atoms with Gasteiger partial charge < -0.3 is 0 Å². The van der Waals surface area contributed by atoms with E-state index in [4.69, 9.17) is 0 Å². The summed E-state index contributed by atoms with van der Waals surface area (Å²) in [4.78, 5) is 5.71. The summed E-state index contributed by atoms with van der Waals surface area (Å²) in [5, 5.41) is 9.39. The van der Waals surface area contributed by atoms with Crippen LogP contribution in [0.15, 0.2) is 17.5 Å². The third kappa shape index (κ3) is 1.81. The zero-order valence-electron chi connectivity index (χ0n) is 8.14. The lowest BCUT2D eigenvalue weighted by Gasteiger charge is -2.00. The molecule has 3 rings (SSSR count). The van der Waals surface area contributed by atoms with E-state index in [-0.39, 0.29) is 0 Å². The lowest BCUT2D eigenvalue weighted by molar-refractivity contribution is 0.721. The van der Waals surface area contributed by atoms with Gasteiger partial charge in [-0.15, -0.1) is 11.3 Å². The van der Waals surface area contributed by atoms with Crippen molar-refractivity contribution in [2.24, 2.45) is 0 Å². The van der Waals surface area contributed by atoms with Crippen LogP contribution in [0.1, 0.15) is 18.2 Å². The van der Waals surface area contributed by atoms with Gasteiger partial charge in [0, 0.05) is 11.7 Å². The zero-order valence-corrected chi connectivity index (χ0v) is 9.77. The first-order valence-corrected chi connectivity index (χ1v) is 7.01. The monoisotopic (exact) mass is 237 g/mol. The highest BCUT2D eigenvalue weighted by Gasteiger charge is 2.21. The molecule has 1 atom stereocenters. The number of nitrogens with one attached hydrogen (secondary N) is 1. The molecule has 1 unspecified atom stereocenters. The quantitative estimate of drug-likeness (QED) is 0.873. The van der Waals surface area contributed by atoms with E-state index in [1.54, 1.807) is 11.3 Å². The molecule has 78 valence electrons. The standard InChI is InChI=1S/C10H11N3S2/c1-2-8(15-4-1)10-11-9(12-13-10)7-3-5-14-6-7/h1-2,4,7H,3,5-6H2,(H,11,12,13). The van der Waals surface area contributed by atoms with Gasteiger partial charge >= 0.3 is 0 Å². The van der Waals surface area contributed by atoms with Crippen molar-refractivity contribution in [1.29, 1.82) is 0 Å². The first-order valence-electron chi connectivity index (χ1n) is 4.97. The molecular formula is C10H11N3S2. The Balaban J connectivity index is 1.87. The van der Waals surface area contributed by atoms with Crippen molar-refractivity contribution in [3.63, 3.8) is 0 Å². The van der Waals surface area contributed by atoms with Crippen LogP contribution in [0.4, 0.5) is 0 Å². The predicted molar refractivity (Wildman–Crippen MR) is 64.4 cm³/mol. The highest BCUT2D eigenvalue weighted by Crippen LogP contribution is 2.31. The number of thiophene rings is 1. The van der Waals surface area contributed by atoms with Crippen LogP contribution in [-0.2, 0) is 0 Å². The molecule has 2 aromatic rings. The van der Waals surface area contributed by atoms with Crippen molar-refractivity contribution in [2.45, 2.75) is 12.3 Å². The van der Waals surface area contributed by atoms with Gasteiger partial charge in [0.2, 0.25) is 0 Å². The molecule has 0 spiro atoms. The molecule has 2 aromatic heterocycles. The van der Waals surface area contributed by atoms with Crippen LogP contribution in [0.2, 0.25) is 0 Å². The van der Waals surface area contributed by atoms with Gasteiger partial charge in [-0.25, -0.2) is 4.98 Å². The molecule has 1 saturated heterocycles. The first-order chi connectivity index (χ1) is 7.43. The van der Waals surface area contributed by atoms with E-state index in [1.165, 1.54) is 17.9 Å². The van der Waals surface area contributed by atoms with E-state index in [0.717, 1.165) is 16.5 Å². The van der Waals surface area contributed by atoms with Crippen LogP contribution < -0.4 is 0 Å². The van der Waals surface area contributed by atoms with Gasteiger partial charge in [-0.05, 0) is 23.6 Å².